The van der Waals surface area contributed by atoms with Crippen molar-refractivity contribution >= 4 is 23.0 Å². The number of amides is 2. The zero-order valence-electron chi connectivity index (χ0n) is 13.2. The fourth-order valence-electron chi connectivity index (χ4n) is 2.46. The molecule has 0 aliphatic rings. The first-order valence-corrected chi connectivity index (χ1v) is 7.79. The van der Waals surface area contributed by atoms with Crippen LogP contribution in [0.1, 0.15) is 25.6 Å². The van der Waals surface area contributed by atoms with E-state index in [0.29, 0.717) is 25.9 Å². The fourth-order valence-corrected chi connectivity index (χ4v) is 2.46. The number of nitrogens with one attached hydrogen (secondary N) is 2. The Labute approximate surface area is 134 Å². The van der Waals surface area contributed by atoms with Crippen LogP contribution in [0, 0.1) is 0 Å². The quantitative estimate of drug-likeness (QED) is 0.646. The summed E-state index contributed by atoms with van der Waals surface area (Å²) in [4.78, 5) is 26.6. The highest BCUT2D eigenvalue weighted by Crippen LogP contribution is 2.15. The number of carboxylic acids is 1. The standard InChI is InChI=1S/C16H22N4O3/c1-2-20-13-7-4-3-6-12(13)19-14(20)9-11-18-16(23)17-10-5-8-15(21)22/h3-4,6-7H,2,5,8-11H2,1H3,(H,21,22)(H2,17,18,23). The molecule has 0 aliphatic carbocycles. The number of carboxylic acid groups (broad SMARTS) is 1. The number of hydrogen-bond acceptors (Lipinski definition) is 3. The second-order valence-corrected chi connectivity index (χ2v) is 5.19. The molecule has 0 saturated carbocycles. The van der Waals surface area contributed by atoms with Crippen molar-refractivity contribution in [3.8, 4) is 0 Å². The minimum atomic E-state index is -0.856. The van der Waals surface area contributed by atoms with Crippen molar-refractivity contribution in [2.45, 2.75) is 32.7 Å². The van der Waals surface area contributed by atoms with E-state index in [-0.39, 0.29) is 12.5 Å². The van der Waals surface area contributed by atoms with Crippen LogP contribution in [-0.2, 0) is 17.8 Å². The van der Waals surface area contributed by atoms with Gasteiger partial charge in [-0.25, -0.2) is 9.78 Å². The molecule has 7 heteroatoms. The zero-order valence-corrected chi connectivity index (χ0v) is 13.2. The first-order valence-electron chi connectivity index (χ1n) is 7.79. The molecule has 1 aromatic carbocycles. The molecule has 0 spiro atoms. The molecule has 0 atom stereocenters. The number of carbonyl (C=O) groups is 2. The summed E-state index contributed by atoms with van der Waals surface area (Å²) >= 11 is 0. The van der Waals surface area contributed by atoms with Crippen LogP contribution in [0.25, 0.3) is 11.0 Å². The van der Waals surface area contributed by atoms with E-state index < -0.39 is 5.97 Å². The van der Waals surface area contributed by atoms with Gasteiger partial charge in [-0.2, -0.15) is 0 Å². The Morgan fingerprint density at radius 2 is 1.96 bits per heavy atom. The monoisotopic (exact) mass is 318 g/mol. The number of urea groups is 1. The maximum atomic E-state index is 11.6. The van der Waals surface area contributed by atoms with Crippen molar-refractivity contribution < 1.29 is 14.7 Å². The first kappa shape index (κ1) is 16.8. The predicted octanol–water partition coefficient (Wildman–Crippen LogP) is 1.76. The van der Waals surface area contributed by atoms with Gasteiger partial charge in [-0.3, -0.25) is 4.79 Å². The molecular weight excluding hydrogens is 296 g/mol. The number of aliphatic carboxylic acids is 1. The van der Waals surface area contributed by atoms with E-state index in [4.69, 9.17) is 5.11 Å². The number of aryl methyl sites for hydroxylation is 1. The summed E-state index contributed by atoms with van der Waals surface area (Å²) in [5.41, 5.74) is 2.06. The van der Waals surface area contributed by atoms with E-state index >= 15 is 0 Å². The van der Waals surface area contributed by atoms with E-state index in [1.807, 2.05) is 24.3 Å². The highest BCUT2D eigenvalue weighted by molar-refractivity contribution is 5.76. The summed E-state index contributed by atoms with van der Waals surface area (Å²) in [6.45, 7) is 3.73. The minimum absolute atomic E-state index is 0.0564. The van der Waals surface area contributed by atoms with Gasteiger partial charge < -0.3 is 20.3 Å². The van der Waals surface area contributed by atoms with Crippen molar-refractivity contribution in [3.63, 3.8) is 0 Å². The molecule has 2 rings (SSSR count). The molecule has 2 aromatic rings. The van der Waals surface area contributed by atoms with Crippen LogP contribution in [-0.4, -0.2) is 39.7 Å². The lowest BCUT2D eigenvalue weighted by atomic mass is 10.3. The molecule has 2 amide bonds. The highest BCUT2D eigenvalue weighted by atomic mass is 16.4. The van der Waals surface area contributed by atoms with E-state index in [1.54, 1.807) is 0 Å². The molecule has 0 unspecified atom stereocenters. The third-order valence-corrected chi connectivity index (χ3v) is 3.54. The van der Waals surface area contributed by atoms with E-state index in [2.05, 4.69) is 27.1 Å². The van der Waals surface area contributed by atoms with E-state index in [9.17, 15) is 9.59 Å². The zero-order chi connectivity index (χ0) is 16.7. The number of benzene rings is 1. The van der Waals surface area contributed by atoms with Gasteiger partial charge in [0.1, 0.15) is 5.82 Å². The van der Waals surface area contributed by atoms with Gasteiger partial charge >= 0.3 is 12.0 Å². The van der Waals surface area contributed by atoms with Crippen LogP contribution in [0.5, 0.6) is 0 Å². The van der Waals surface area contributed by atoms with Crippen LogP contribution >= 0.6 is 0 Å². The molecule has 0 bridgehead atoms. The minimum Gasteiger partial charge on any atom is -0.481 e. The lowest BCUT2D eigenvalue weighted by Gasteiger charge is -2.08. The number of hydrogen-bond donors (Lipinski definition) is 3. The average molecular weight is 318 g/mol. The number of para-hydroxylation sites is 2. The third-order valence-electron chi connectivity index (χ3n) is 3.54. The van der Waals surface area contributed by atoms with Crippen molar-refractivity contribution in [1.82, 2.24) is 20.2 Å². The van der Waals surface area contributed by atoms with Crippen molar-refractivity contribution in [1.29, 1.82) is 0 Å². The maximum Gasteiger partial charge on any atom is 0.314 e. The van der Waals surface area contributed by atoms with Gasteiger partial charge in [0.15, 0.2) is 0 Å². The first-order chi connectivity index (χ1) is 11.1. The predicted molar refractivity (Wildman–Crippen MR) is 87.4 cm³/mol. The average Bonchev–Trinajstić information content (AvgIpc) is 2.88. The maximum absolute atomic E-state index is 11.6. The Balaban J connectivity index is 1.80. The Morgan fingerprint density at radius 1 is 1.22 bits per heavy atom. The van der Waals surface area contributed by atoms with Gasteiger partial charge in [0, 0.05) is 32.5 Å². The van der Waals surface area contributed by atoms with Crippen LogP contribution in [0.2, 0.25) is 0 Å². The molecule has 1 heterocycles. The van der Waals surface area contributed by atoms with Crippen LogP contribution < -0.4 is 10.6 Å². The van der Waals surface area contributed by atoms with Crippen LogP contribution in [0.3, 0.4) is 0 Å². The molecule has 1 aromatic heterocycles. The summed E-state index contributed by atoms with van der Waals surface area (Å²) < 4.78 is 2.14. The molecule has 23 heavy (non-hydrogen) atoms. The lowest BCUT2D eigenvalue weighted by Crippen LogP contribution is -2.37. The SMILES string of the molecule is CCn1c(CCNC(=O)NCCCC(=O)O)nc2ccccc21. The normalized spacial score (nSPS) is 10.7. The smallest absolute Gasteiger partial charge is 0.314 e. The molecule has 124 valence electrons. The van der Waals surface area contributed by atoms with E-state index in [1.165, 1.54) is 0 Å². The van der Waals surface area contributed by atoms with Gasteiger partial charge in [-0.1, -0.05) is 12.1 Å². The summed E-state index contributed by atoms with van der Waals surface area (Å²) in [6.07, 6.45) is 1.13. The number of carbonyl (C=O) groups excluding carboxylic acids is 1. The molecule has 0 aliphatic heterocycles. The molecule has 3 N–H and O–H groups in total. The van der Waals surface area contributed by atoms with Crippen LogP contribution in [0.4, 0.5) is 4.79 Å². The highest BCUT2D eigenvalue weighted by Gasteiger charge is 2.09. The van der Waals surface area contributed by atoms with Crippen molar-refractivity contribution in [3.05, 3.63) is 30.1 Å². The van der Waals surface area contributed by atoms with Gasteiger partial charge in [-0.15, -0.1) is 0 Å². The van der Waals surface area contributed by atoms with Crippen molar-refractivity contribution in [2.75, 3.05) is 13.1 Å². The second kappa shape index (κ2) is 8.17. The Hall–Kier alpha value is -2.57. The molecule has 7 nitrogen and oxygen atoms in total. The van der Waals surface area contributed by atoms with Crippen molar-refractivity contribution in [2.24, 2.45) is 0 Å². The number of rotatable bonds is 8. The largest absolute Gasteiger partial charge is 0.481 e. The molecule has 0 fully saturated rings. The van der Waals surface area contributed by atoms with Gasteiger partial charge in [0.05, 0.1) is 11.0 Å². The number of aromatic nitrogens is 2. The van der Waals surface area contributed by atoms with Gasteiger partial charge in [0.25, 0.3) is 0 Å². The summed E-state index contributed by atoms with van der Waals surface area (Å²) in [7, 11) is 0. The van der Waals surface area contributed by atoms with E-state index in [0.717, 1.165) is 23.4 Å². The van der Waals surface area contributed by atoms with Gasteiger partial charge in [-0.05, 0) is 25.5 Å². The van der Waals surface area contributed by atoms with Crippen LogP contribution in [0.15, 0.2) is 24.3 Å². The second-order valence-electron chi connectivity index (χ2n) is 5.19. The Bertz CT molecular complexity index is 681. The number of nitrogens with zero attached hydrogens (tertiary/aromatic N) is 2. The Morgan fingerprint density at radius 3 is 2.70 bits per heavy atom. The molecule has 0 radical (unpaired) electrons. The number of fused-ring (bicyclic) bond motifs is 1. The molecular formula is C16H22N4O3. The topological polar surface area (TPSA) is 96.2 Å². The number of imidazole rings is 1. The molecule has 0 saturated heterocycles. The summed E-state index contributed by atoms with van der Waals surface area (Å²) in [5.74, 6) is 0.0885. The Kier molecular flexibility index (Phi) is 5.96. The fraction of sp³-hybridized carbons (Fsp3) is 0.438. The summed E-state index contributed by atoms with van der Waals surface area (Å²) in [5, 5.41) is 13.9. The summed E-state index contributed by atoms with van der Waals surface area (Å²) in [6, 6.07) is 7.69. The third kappa shape index (κ3) is 4.70. The van der Waals surface area contributed by atoms with Gasteiger partial charge in [0.2, 0.25) is 0 Å². The lowest BCUT2D eigenvalue weighted by molar-refractivity contribution is -0.137.